The van der Waals surface area contributed by atoms with E-state index in [9.17, 15) is 9.59 Å². The van der Waals surface area contributed by atoms with E-state index in [1.807, 2.05) is 0 Å². The summed E-state index contributed by atoms with van der Waals surface area (Å²) in [5, 5.41) is 3.19. The first kappa shape index (κ1) is 16.8. The Morgan fingerprint density at radius 1 is 1.20 bits per heavy atom. The standard InChI is InChI=1S/C14H26N2O4/c1-3-5-10-20-13(17)11-15-12-6-8-16(9-7-12)14(18)19-4-2/h12,15H,3-11H2,1-2H3. The summed E-state index contributed by atoms with van der Waals surface area (Å²) in [5.41, 5.74) is 0. The van der Waals surface area contributed by atoms with Gasteiger partial charge in [-0.25, -0.2) is 4.79 Å². The van der Waals surface area contributed by atoms with Crippen molar-refractivity contribution in [3.8, 4) is 0 Å². The average Bonchev–Trinajstić information content (AvgIpc) is 2.46. The van der Waals surface area contributed by atoms with E-state index in [4.69, 9.17) is 9.47 Å². The second-order valence-corrected chi connectivity index (χ2v) is 4.92. The number of carbonyl (C=O) groups is 2. The molecule has 116 valence electrons. The molecule has 0 aromatic rings. The summed E-state index contributed by atoms with van der Waals surface area (Å²) in [7, 11) is 0. The van der Waals surface area contributed by atoms with Gasteiger partial charge in [0.2, 0.25) is 0 Å². The van der Waals surface area contributed by atoms with Crippen LogP contribution in [-0.2, 0) is 14.3 Å². The molecule has 1 saturated heterocycles. The summed E-state index contributed by atoms with van der Waals surface area (Å²) in [5.74, 6) is -0.203. The average molecular weight is 286 g/mol. The molecule has 1 heterocycles. The molecule has 0 aromatic heterocycles. The molecule has 0 aliphatic carbocycles. The molecule has 1 aliphatic rings. The molecule has 0 unspecified atom stereocenters. The van der Waals surface area contributed by atoms with Crippen LogP contribution in [0.3, 0.4) is 0 Å². The van der Waals surface area contributed by atoms with E-state index in [2.05, 4.69) is 12.2 Å². The Morgan fingerprint density at radius 3 is 2.50 bits per heavy atom. The Morgan fingerprint density at radius 2 is 1.90 bits per heavy atom. The topological polar surface area (TPSA) is 67.9 Å². The fraction of sp³-hybridized carbons (Fsp3) is 0.857. The van der Waals surface area contributed by atoms with Gasteiger partial charge in [0.15, 0.2) is 0 Å². The molecule has 1 rings (SSSR count). The van der Waals surface area contributed by atoms with Gasteiger partial charge in [-0.1, -0.05) is 13.3 Å². The third-order valence-corrected chi connectivity index (χ3v) is 3.32. The highest BCUT2D eigenvalue weighted by molar-refractivity contribution is 5.71. The van der Waals surface area contributed by atoms with Crippen LogP contribution in [0.25, 0.3) is 0 Å². The third kappa shape index (κ3) is 6.23. The van der Waals surface area contributed by atoms with Gasteiger partial charge in [-0.05, 0) is 26.2 Å². The molecule has 1 aliphatic heterocycles. The molecular weight excluding hydrogens is 260 g/mol. The number of likely N-dealkylation sites (tertiary alicyclic amines) is 1. The first-order chi connectivity index (χ1) is 9.67. The highest BCUT2D eigenvalue weighted by atomic mass is 16.6. The lowest BCUT2D eigenvalue weighted by Gasteiger charge is -2.31. The molecule has 6 heteroatoms. The lowest BCUT2D eigenvalue weighted by molar-refractivity contribution is -0.142. The number of carbonyl (C=O) groups excluding carboxylic acids is 2. The molecule has 0 radical (unpaired) electrons. The van der Waals surface area contributed by atoms with E-state index < -0.39 is 0 Å². The van der Waals surface area contributed by atoms with Crippen LogP contribution in [-0.4, -0.2) is 55.9 Å². The van der Waals surface area contributed by atoms with Crippen molar-refractivity contribution in [3.05, 3.63) is 0 Å². The Kier molecular flexibility index (Phi) is 8.02. The van der Waals surface area contributed by atoms with Crippen molar-refractivity contribution in [1.29, 1.82) is 0 Å². The first-order valence-electron chi connectivity index (χ1n) is 7.48. The Bertz CT molecular complexity index is 302. The molecule has 0 atom stereocenters. The summed E-state index contributed by atoms with van der Waals surface area (Å²) in [6, 6.07) is 0.263. The predicted octanol–water partition coefficient (Wildman–Crippen LogP) is 1.54. The van der Waals surface area contributed by atoms with Crippen LogP contribution < -0.4 is 5.32 Å². The Hall–Kier alpha value is -1.30. The number of hydrogen-bond acceptors (Lipinski definition) is 5. The minimum absolute atomic E-state index is 0.203. The number of amides is 1. The van der Waals surface area contributed by atoms with Gasteiger partial charge in [0.1, 0.15) is 0 Å². The van der Waals surface area contributed by atoms with Gasteiger partial charge in [0, 0.05) is 19.1 Å². The number of esters is 1. The van der Waals surface area contributed by atoms with Crippen LogP contribution >= 0.6 is 0 Å². The zero-order chi connectivity index (χ0) is 14.8. The van der Waals surface area contributed by atoms with Crippen molar-refractivity contribution in [2.45, 2.75) is 45.6 Å². The molecule has 1 amide bonds. The van der Waals surface area contributed by atoms with Crippen LogP contribution in [0, 0.1) is 0 Å². The zero-order valence-corrected chi connectivity index (χ0v) is 12.5. The van der Waals surface area contributed by atoms with E-state index in [-0.39, 0.29) is 24.6 Å². The third-order valence-electron chi connectivity index (χ3n) is 3.32. The minimum Gasteiger partial charge on any atom is -0.465 e. The number of unbranched alkanes of at least 4 members (excludes halogenated alkanes) is 1. The lowest BCUT2D eigenvalue weighted by atomic mass is 10.1. The molecule has 20 heavy (non-hydrogen) atoms. The highest BCUT2D eigenvalue weighted by Crippen LogP contribution is 2.11. The fourth-order valence-electron chi connectivity index (χ4n) is 2.09. The van der Waals surface area contributed by atoms with Gasteiger partial charge in [-0.15, -0.1) is 0 Å². The smallest absolute Gasteiger partial charge is 0.409 e. The molecule has 1 N–H and O–H groups in total. The van der Waals surface area contributed by atoms with Crippen molar-refractivity contribution in [1.82, 2.24) is 10.2 Å². The molecule has 0 saturated carbocycles. The zero-order valence-electron chi connectivity index (χ0n) is 12.5. The quantitative estimate of drug-likeness (QED) is 0.568. The van der Waals surface area contributed by atoms with Crippen molar-refractivity contribution < 1.29 is 19.1 Å². The van der Waals surface area contributed by atoms with E-state index in [1.54, 1.807) is 11.8 Å². The fourth-order valence-corrected chi connectivity index (χ4v) is 2.09. The van der Waals surface area contributed by atoms with Gasteiger partial charge in [0.05, 0.1) is 19.8 Å². The maximum Gasteiger partial charge on any atom is 0.409 e. The van der Waals surface area contributed by atoms with Crippen LogP contribution in [0.4, 0.5) is 4.79 Å². The van der Waals surface area contributed by atoms with Crippen molar-refractivity contribution in [3.63, 3.8) is 0 Å². The summed E-state index contributed by atoms with van der Waals surface area (Å²) in [6.07, 6.45) is 3.35. The second kappa shape index (κ2) is 9.58. The van der Waals surface area contributed by atoms with Gasteiger partial charge in [0.25, 0.3) is 0 Å². The predicted molar refractivity (Wildman–Crippen MR) is 75.5 cm³/mol. The van der Waals surface area contributed by atoms with E-state index in [1.165, 1.54) is 0 Å². The SMILES string of the molecule is CCCCOC(=O)CNC1CCN(C(=O)OCC)CC1. The number of rotatable bonds is 7. The molecule has 0 spiro atoms. The van der Waals surface area contributed by atoms with Crippen molar-refractivity contribution in [2.24, 2.45) is 0 Å². The van der Waals surface area contributed by atoms with E-state index in [0.717, 1.165) is 25.7 Å². The number of ether oxygens (including phenoxy) is 2. The molecule has 0 aromatic carbocycles. The highest BCUT2D eigenvalue weighted by Gasteiger charge is 2.23. The summed E-state index contributed by atoms with van der Waals surface area (Å²) in [6.45, 7) is 6.34. The van der Waals surface area contributed by atoms with E-state index in [0.29, 0.717) is 26.3 Å². The number of nitrogens with one attached hydrogen (secondary N) is 1. The van der Waals surface area contributed by atoms with Crippen LogP contribution in [0.5, 0.6) is 0 Å². The Balaban J connectivity index is 2.13. The maximum absolute atomic E-state index is 11.5. The first-order valence-corrected chi connectivity index (χ1v) is 7.48. The molecule has 1 fully saturated rings. The van der Waals surface area contributed by atoms with Crippen LogP contribution in [0.2, 0.25) is 0 Å². The van der Waals surface area contributed by atoms with Crippen LogP contribution in [0.15, 0.2) is 0 Å². The lowest BCUT2D eigenvalue weighted by Crippen LogP contribution is -2.46. The van der Waals surface area contributed by atoms with Gasteiger partial charge >= 0.3 is 12.1 Å². The van der Waals surface area contributed by atoms with E-state index >= 15 is 0 Å². The maximum atomic E-state index is 11.5. The summed E-state index contributed by atoms with van der Waals surface area (Å²) < 4.78 is 10.0. The molecule has 6 nitrogen and oxygen atoms in total. The number of hydrogen-bond donors (Lipinski definition) is 1. The van der Waals surface area contributed by atoms with Gasteiger partial charge < -0.3 is 19.7 Å². The number of nitrogens with zero attached hydrogens (tertiary/aromatic N) is 1. The number of piperidine rings is 1. The molecular formula is C14H26N2O4. The van der Waals surface area contributed by atoms with Crippen LogP contribution in [0.1, 0.15) is 39.5 Å². The molecule has 0 bridgehead atoms. The van der Waals surface area contributed by atoms with Gasteiger partial charge in [-0.2, -0.15) is 0 Å². The van der Waals surface area contributed by atoms with Gasteiger partial charge in [-0.3, -0.25) is 4.79 Å². The van der Waals surface area contributed by atoms with Crippen molar-refractivity contribution >= 4 is 12.1 Å². The summed E-state index contributed by atoms with van der Waals surface area (Å²) >= 11 is 0. The normalized spacial score (nSPS) is 16.0. The Labute approximate surface area is 120 Å². The summed E-state index contributed by atoms with van der Waals surface area (Å²) in [4.78, 5) is 24.7. The largest absolute Gasteiger partial charge is 0.465 e. The second-order valence-electron chi connectivity index (χ2n) is 4.92. The van der Waals surface area contributed by atoms with Crippen molar-refractivity contribution in [2.75, 3.05) is 32.8 Å². The monoisotopic (exact) mass is 286 g/mol. The minimum atomic E-state index is -0.245.